The highest BCUT2D eigenvalue weighted by Gasteiger charge is 2.21. The van der Waals surface area contributed by atoms with Crippen molar-refractivity contribution in [2.75, 3.05) is 11.1 Å². The molecule has 0 aliphatic carbocycles. The minimum atomic E-state index is -0.440. The van der Waals surface area contributed by atoms with E-state index in [1.54, 1.807) is 31.2 Å². The Morgan fingerprint density at radius 3 is 2.46 bits per heavy atom. The molecule has 3 aromatic rings. The van der Waals surface area contributed by atoms with Crippen LogP contribution in [0.25, 0.3) is 5.95 Å². The fraction of sp³-hybridized carbons (Fsp3) is 0.167. The van der Waals surface area contributed by atoms with Crippen LogP contribution in [0.5, 0.6) is 0 Å². The fourth-order valence-corrected chi connectivity index (χ4v) is 2.60. The molecule has 1 amide bonds. The van der Waals surface area contributed by atoms with Gasteiger partial charge in [-0.3, -0.25) is 4.79 Å². The van der Waals surface area contributed by atoms with Gasteiger partial charge in [-0.15, -0.1) is 0 Å². The molecule has 2 aromatic heterocycles. The molecule has 0 bridgehead atoms. The molecule has 0 saturated heterocycles. The van der Waals surface area contributed by atoms with Crippen molar-refractivity contribution in [3.63, 3.8) is 0 Å². The molecule has 0 aliphatic rings. The first kappa shape index (κ1) is 17.1. The number of aromatic nitrogens is 4. The van der Waals surface area contributed by atoms with E-state index in [1.165, 1.54) is 4.68 Å². The van der Waals surface area contributed by atoms with Crippen LogP contribution >= 0.6 is 0 Å². The molecule has 3 rings (SSSR count). The maximum absolute atomic E-state index is 12.6. The van der Waals surface area contributed by atoms with Crippen LogP contribution in [0, 0.1) is 32.1 Å². The number of hydrogen-bond donors (Lipinski definition) is 2. The molecule has 130 valence electrons. The van der Waals surface area contributed by atoms with E-state index in [9.17, 15) is 10.1 Å². The highest BCUT2D eigenvalue weighted by molar-refractivity contribution is 6.08. The zero-order valence-electron chi connectivity index (χ0n) is 14.6. The maximum atomic E-state index is 12.6. The number of para-hydroxylation sites is 1. The van der Waals surface area contributed by atoms with Gasteiger partial charge in [0.25, 0.3) is 11.9 Å². The molecule has 0 saturated carbocycles. The standard InChI is InChI=1S/C18H17N7O/c1-10-8-11(2)22-18(21-10)25-16(14(9-19)12(3)24-25)23-17(26)13-6-4-5-7-15(13)20/h4-8H,20H2,1-3H3,(H,23,26). The highest BCUT2D eigenvalue weighted by atomic mass is 16.1. The minimum absolute atomic E-state index is 0.211. The van der Waals surface area contributed by atoms with Crippen LogP contribution in [0.1, 0.15) is 33.0 Å². The summed E-state index contributed by atoms with van der Waals surface area (Å²) in [4.78, 5) is 21.4. The lowest BCUT2D eigenvalue weighted by atomic mass is 10.1. The summed E-state index contributed by atoms with van der Waals surface area (Å²) < 4.78 is 1.37. The molecule has 0 aliphatic heterocycles. The number of nitrogen functional groups attached to an aromatic ring is 1. The van der Waals surface area contributed by atoms with Crippen molar-refractivity contribution in [2.45, 2.75) is 20.8 Å². The molecule has 8 heteroatoms. The Bertz CT molecular complexity index is 1030. The van der Waals surface area contributed by atoms with Crippen LogP contribution in [0.4, 0.5) is 11.5 Å². The zero-order valence-corrected chi connectivity index (χ0v) is 14.6. The summed E-state index contributed by atoms with van der Waals surface area (Å²) in [7, 11) is 0. The van der Waals surface area contributed by atoms with Crippen LogP contribution in [0.3, 0.4) is 0 Å². The second-order valence-corrected chi connectivity index (χ2v) is 5.82. The smallest absolute Gasteiger partial charge is 0.258 e. The van der Waals surface area contributed by atoms with Gasteiger partial charge >= 0.3 is 0 Å². The number of nitrogens with two attached hydrogens (primary N) is 1. The van der Waals surface area contributed by atoms with E-state index in [0.29, 0.717) is 16.9 Å². The van der Waals surface area contributed by atoms with E-state index in [0.717, 1.165) is 11.4 Å². The first-order valence-electron chi connectivity index (χ1n) is 7.89. The third kappa shape index (κ3) is 3.10. The first-order valence-corrected chi connectivity index (χ1v) is 7.89. The van der Waals surface area contributed by atoms with Gasteiger partial charge in [0.15, 0.2) is 5.82 Å². The number of nitrogens with zero attached hydrogens (tertiary/aromatic N) is 5. The van der Waals surface area contributed by atoms with Gasteiger partial charge in [0.1, 0.15) is 11.6 Å². The SMILES string of the molecule is Cc1cc(C)nc(-n2nc(C)c(C#N)c2NC(=O)c2ccccc2N)n1. The number of anilines is 2. The van der Waals surface area contributed by atoms with Crippen molar-refractivity contribution in [1.82, 2.24) is 19.7 Å². The van der Waals surface area contributed by atoms with Crippen molar-refractivity contribution in [1.29, 1.82) is 5.26 Å². The van der Waals surface area contributed by atoms with E-state index in [4.69, 9.17) is 5.73 Å². The Balaban J connectivity index is 2.10. The maximum Gasteiger partial charge on any atom is 0.258 e. The van der Waals surface area contributed by atoms with Crippen LogP contribution in [0.2, 0.25) is 0 Å². The molecule has 2 heterocycles. The third-order valence-corrected chi connectivity index (χ3v) is 3.77. The summed E-state index contributed by atoms with van der Waals surface area (Å²) in [5, 5.41) is 16.5. The third-order valence-electron chi connectivity index (χ3n) is 3.77. The van der Waals surface area contributed by atoms with Gasteiger partial charge in [0, 0.05) is 17.1 Å². The molecule has 1 aromatic carbocycles. The van der Waals surface area contributed by atoms with Gasteiger partial charge in [-0.1, -0.05) is 12.1 Å². The summed E-state index contributed by atoms with van der Waals surface area (Å²) in [5.41, 5.74) is 8.73. The second kappa shape index (κ2) is 6.64. The predicted molar refractivity (Wildman–Crippen MR) is 96.9 cm³/mol. The molecule has 0 spiro atoms. The number of rotatable bonds is 3. The fourth-order valence-electron chi connectivity index (χ4n) is 2.60. The first-order chi connectivity index (χ1) is 12.4. The Kier molecular flexibility index (Phi) is 4.37. The van der Waals surface area contributed by atoms with E-state index in [2.05, 4.69) is 26.5 Å². The van der Waals surface area contributed by atoms with Crippen molar-refractivity contribution in [3.8, 4) is 12.0 Å². The lowest BCUT2D eigenvalue weighted by molar-refractivity contribution is 0.102. The molecule has 8 nitrogen and oxygen atoms in total. The van der Waals surface area contributed by atoms with Crippen molar-refractivity contribution in [3.05, 3.63) is 58.5 Å². The van der Waals surface area contributed by atoms with Crippen LogP contribution < -0.4 is 11.1 Å². The number of hydrogen-bond acceptors (Lipinski definition) is 6. The largest absolute Gasteiger partial charge is 0.398 e. The van der Waals surface area contributed by atoms with Crippen LogP contribution in [0.15, 0.2) is 30.3 Å². The van der Waals surface area contributed by atoms with E-state index < -0.39 is 5.91 Å². The van der Waals surface area contributed by atoms with Crippen LogP contribution in [-0.4, -0.2) is 25.7 Å². The number of aryl methyl sites for hydroxylation is 3. The Hall–Kier alpha value is -3.73. The molecular weight excluding hydrogens is 330 g/mol. The Morgan fingerprint density at radius 1 is 1.19 bits per heavy atom. The molecule has 0 fully saturated rings. The van der Waals surface area contributed by atoms with Crippen molar-refractivity contribution in [2.24, 2.45) is 0 Å². The Labute approximate surface area is 150 Å². The number of nitriles is 1. The second-order valence-electron chi connectivity index (χ2n) is 5.82. The summed E-state index contributed by atoms with van der Waals surface area (Å²) in [5.74, 6) is 0.0526. The number of benzene rings is 1. The summed E-state index contributed by atoms with van der Waals surface area (Å²) >= 11 is 0. The van der Waals surface area contributed by atoms with Crippen molar-refractivity contribution < 1.29 is 4.79 Å². The van der Waals surface area contributed by atoms with E-state index in [1.807, 2.05) is 19.9 Å². The summed E-state index contributed by atoms with van der Waals surface area (Å²) in [6.07, 6.45) is 0. The number of nitrogens with one attached hydrogen (secondary N) is 1. The van der Waals surface area contributed by atoms with Gasteiger partial charge in [0.2, 0.25) is 0 Å². The van der Waals surface area contributed by atoms with E-state index in [-0.39, 0.29) is 17.3 Å². The average Bonchev–Trinajstić information content (AvgIpc) is 2.89. The molecular formula is C18H17N7O. The average molecular weight is 347 g/mol. The van der Waals surface area contributed by atoms with Gasteiger partial charge in [-0.2, -0.15) is 15.0 Å². The summed E-state index contributed by atoms with van der Waals surface area (Å²) in [6, 6.07) is 10.6. The topological polar surface area (TPSA) is 123 Å². The predicted octanol–water partition coefficient (Wildman–Crippen LogP) is 2.29. The summed E-state index contributed by atoms with van der Waals surface area (Å²) in [6.45, 7) is 5.36. The zero-order chi connectivity index (χ0) is 18.8. The van der Waals surface area contributed by atoms with Crippen molar-refractivity contribution >= 4 is 17.4 Å². The molecule has 0 atom stereocenters. The molecule has 26 heavy (non-hydrogen) atoms. The van der Waals surface area contributed by atoms with Gasteiger partial charge < -0.3 is 11.1 Å². The van der Waals surface area contributed by atoms with E-state index >= 15 is 0 Å². The Morgan fingerprint density at radius 2 is 1.85 bits per heavy atom. The number of carbonyl (C=O) groups is 1. The van der Waals surface area contributed by atoms with Gasteiger partial charge in [0.05, 0.1) is 11.3 Å². The lowest BCUT2D eigenvalue weighted by Gasteiger charge is -2.10. The monoisotopic (exact) mass is 347 g/mol. The molecule has 0 unspecified atom stereocenters. The quantitative estimate of drug-likeness (QED) is 0.701. The lowest BCUT2D eigenvalue weighted by Crippen LogP contribution is -2.18. The van der Waals surface area contributed by atoms with Gasteiger partial charge in [-0.25, -0.2) is 9.97 Å². The minimum Gasteiger partial charge on any atom is -0.398 e. The molecule has 0 radical (unpaired) electrons. The highest BCUT2D eigenvalue weighted by Crippen LogP contribution is 2.23. The van der Waals surface area contributed by atoms with Gasteiger partial charge in [-0.05, 0) is 39.0 Å². The molecule has 3 N–H and O–H groups in total. The number of amides is 1. The number of carbonyl (C=O) groups excluding carboxylic acids is 1. The normalized spacial score (nSPS) is 10.4. The van der Waals surface area contributed by atoms with Crippen LogP contribution in [-0.2, 0) is 0 Å².